The summed E-state index contributed by atoms with van der Waals surface area (Å²) in [6.07, 6.45) is 0.201. The fourth-order valence-electron chi connectivity index (χ4n) is 1.67. The molecule has 0 atom stereocenters. The van der Waals surface area contributed by atoms with Gasteiger partial charge in [0.05, 0.1) is 30.0 Å². The van der Waals surface area contributed by atoms with E-state index in [9.17, 15) is 4.79 Å². The molecular weight excluding hydrogens is 218 g/mol. The quantitative estimate of drug-likeness (QED) is 0.798. The molecule has 1 aliphatic rings. The highest BCUT2D eigenvalue weighted by Crippen LogP contribution is 2.20. The molecule has 0 aliphatic carbocycles. The first kappa shape index (κ1) is 11.6. The minimum absolute atomic E-state index is 0.196. The Morgan fingerprint density at radius 1 is 1.53 bits per heavy atom. The summed E-state index contributed by atoms with van der Waals surface area (Å²) in [5, 5.41) is 11.6. The second kappa shape index (κ2) is 4.53. The number of nitrogens with two attached hydrogens (primary N) is 1. The van der Waals surface area contributed by atoms with Crippen molar-refractivity contribution in [2.24, 2.45) is 5.73 Å². The minimum Gasteiger partial charge on any atom is -0.377 e. The number of para-hydroxylation sites is 1. The Bertz CT molecular complexity index is 475. The fraction of sp³-hybridized carbons (Fsp3) is 0.333. The number of nitrogens with one attached hydrogen (secondary N) is 1. The molecule has 1 amide bonds. The first-order valence-corrected chi connectivity index (χ1v) is 5.29. The highest BCUT2D eigenvalue weighted by molar-refractivity contribution is 5.92. The number of benzene rings is 1. The molecule has 0 bridgehead atoms. The van der Waals surface area contributed by atoms with Gasteiger partial charge in [0, 0.05) is 6.42 Å². The van der Waals surface area contributed by atoms with E-state index in [4.69, 9.17) is 15.7 Å². The van der Waals surface area contributed by atoms with E-state index in [2.05, 4.69) is 5.32 Å². The number of hydrogen-bond acceptors (Lipinski definition) is 4. The summed E-state index contributed by atoms with van der Waals surface area (Å²) in [6, 6.07) is 8.88. The van der Waals surface area contributed by atoms with Crippen molar-refractivity contribution < 1.29 is 9.53 Å². The molecule has 1 aromatic rings. The van der Waals surface area contributed by atoms with Gasteiger partial charge in [-0.15, -0.1) is 0 Å². The standard InChI is InChI=1S/C12H13N3O2/c13-6-9-3-1-2-4-10(9)15-11(16)5-12(14)7-17-8-12/h1-4H,5,7-8,14H2,(H,15,16). The number of carbonyl (C=O) groups is 1. The van der Waals surface area contributed by atoms with Crippen molar-refractivity contribution in [1.82, 2.24) is 0 Å². The van der Waals surface area contributed by atoms with Crippen molar-refractivity contribution >= 4 is 11.6 Å². The number of anilines is 1. The van der Waals surface area contributed by atoms with Crippen molar-refractivity contribution in [2.75, 3.05) is 18.5 Å². The molecular formula is C12H13N3O2. The van der Waals surface area contributed by atoms with E-state index in [0.29, 0.717) is 24.5 Å². The lowest BCUT2D eigenvalue weighted by molar-refractivity contribution is -0.123. The zero-order chi connectivity index (χ0) is 12.3. The molecule has 0 unspecified atom stereocenters. The van der Waals surface area contributed by atoms with Crippen LogP contribution in [0.3, 0.4) is 0 Å². The van der Waals surface area contributed by atoms with Crippen LogP contribution in [0, 0.1) is 11.3 Å². The van der Waals surface area contributed by atoms with Gasteiger partial charge in [-0.3, -0.25) is 4.79 Å². The van der Waals surface area contributed by atoms with Gasteiger partial charge in [0.25, 0.3) is 0 Å². The molecule has 5 nitrogen and oxygen atoms in total. The Labute approximate surface area is 99.2 Å². The second-order valence-corrected chi connectivity index (χ2v) is 4.24. The summed E-state index contributed by atoms with van der Waals surface area (Å²) in [6.45, 7) is 0.806. The van der Waals surface area contributed by atoms with E-state index in [1.165, 1.54) is 0 Å². The zero-order valence-corrected chi connectivity index (χ0v) is 9.27. The number of ether oxygens (including phenoxy) is 1. The van der Waals surface area contributed by atoms with Crippen LogP contribution < -0.4 is 11.1 Å². The third kappa shape index (κ3) is 2.61. The van der Waals surface area contributed by atoms with Gasteiger partial charge in [0.1, 0.15) is 6.07 Å². The lowest BCUT2D eigenvalue weighted by atomic mass is 9.94. The fourth-order valence-corrected chi connectivity index (χ4v) is 1.67. The van der Waals surface area contributed by atoms with Crippen molar-refractivity contribution in [2.45, 2.75) is 12.0 Å². The Balaban J connectivity index is 2.01. The van der Waals surface area contributed by atoms with Gasteiger partial charge in [-0.1, -0.05) is 12.1 Å². The maximum Gasteiger partial charge on any atom is 0.226 e. The first-order chi connectivity index (χ1) is 8.13. The molecule has 3 N–H and O–H groups in total. The number of hydrogen-bond donors (Lipinski definition) is 2. The topological polar surface area (TPSA) is 88.1 Å². The predicted molar refractivity (Wildman–Crippen MR) is 62.1 cm³/mol. The third-order valence-electron chi connectivity index (χ3n) is 2.61. The normalized spacial score (nSPS) is 16.7. The highest BCUT2D eigenvalue weighted by atomic mass is 16.5. The van der Waals surface area contributed by atoms with Crippen LogP contribution in [0.4, 0.5) is 5.69 Å². The van der Waals surface area contributed by atoms with E-state index >= 15 is 0 Å². The molecule has 1 aromatic carbocycles. The molecule has 2 rings (SSSR count). The zero-order valence-electron chi connectivity index (χ0n) is 9.27. The lowest BCUT2D eigenvalue weighted by Crippen LogP contribution is -2.58. The molecule has 1 heterocycles. The number of nitrogens with zero attached hydrogens (tertiary/aromatic N) is 1. The average Bonchev–Trinajstić information content (AvgIpc) is 2.27. The molecule has 17 heavy (non-hydrogen) atoms. The molecule has 0 radical (unpaired) electrons. The third-order valence-corrected chi connectivity index (χ3v) is 2.61. The Hall–Kier alpha value is -1.90. The van der Waals surface area contributed by atoms with Crippen molar-refractivity contribution in [1.29, 1.82) is 5.26 Å². The van der Waals surface area contributed by atoms with E-state index < -0.39 is 5.54 Å². The van der Waals surface area contributed by atoms with Gasteiger partial charge in [-0.05, 0) is 12.1 Å². The van der Waals surface area contributed by atoms with Gasteiger partial charge in [0.2, 0.25) is 5.91 Å². The van der Waals surface area contributed by atoms with Crippen LogP contribution in [-0.4, -0.2) is 24.7 Å². The van der Waals surface area contributed by atoms with E-state index in [-0.39, 0.29) is 12.3 Å². The maximum absolute atomic E-state index is 11.7. The molecule has 0 saturated carbocycles. The van der Waals surface area contributed by atoms with Gasteiger partial charge in [-0.2, -0.15) is 5.26 Å². The summed E-state index contributed by atoms with van der Waals surface area (Å²) < 4.78 is 4.98. The Morgan fingerprint density at radius 2 is 2.24 bits per heavy atom. The first-order valence-electron chi connectivity index (χ1n) is 5.29. The smallest absolute Gasteiger partial charge is 0.226 e. The van der Waals surface area contributed by atoms with Crippen LogP contribution in [0.15, 0.2) is 24.3 Å². The molecule has 1 fully saturated rings. The summed E-state index contributed by atoms with van der Waals surface area (Å²) in [5.41, 5.74) is 6.29. The van der Waals surface area contributed by atoms with Crippen molar-refractivity contribution in [3.63, 3.8) is 0 Å². The van der Waals surface area contributed by atoms with Crippen molar-refractivity contribution in [3.8, 4) is 6.07 Å². The highest BCUT2D eigenvalue weighted by Gasteiger charge is 2.36. The minimum atomic E-state index is -0.550. The Kier molecular flexibility index (Phi) is 3.09. The summed E-state index contributed by atoms with van der Waals surface area (Å²) in [7, 11) is 0. The largest absolute Gasteiger partial charge is 0.377 e. The van der Waals surface area contributed by atoms with E-state index in [0.717, 1.165) is 0 Å². The predicted octanol–water partition coefficient (Wildman–Crippen LogP) is 0.615. The van der Waals surface area contributed by atoms with Gasteiger partial charge in [-0.25, -0.2) is 0 Å². The SMILES string of the molecule is N#Cc1ccccc1NC(=O)CC1(N)COC1. The number of carbonyl (C=O) groups excluding carboxylic acids is 1. The van der Waals surface area contributed by atoms with Crippen LogP contribution >= 0.6 is 0 Å². The second-order valence-electron chi connectivity index (χ2n) is 4.24. The van der Waals surface area contributed by atoms with E-state index in [1.807, 2.05) is 6.07 Å². The number of rotatable bonds is 3. The maximum atomic E-state index is 11.7. The monoisotopic (exact) mass is 231 g/mol. The van der Waals surface area contributed by atoms with E-state index in [1.54, 1.807) is 24.3 Å². The molecule has 88 valence electrons. The van der Waals surface area contributed by atoms with Crippen LogP contribution in [0.2, 0.25) is 0 Å². The van der Waals surface area contributed by atoms with Crippen LogP contribution in [0.5, 0.6) is 0 Å². The Morgan fingerprint density at radius 3 is 2.82 bits per heavy atom. The molecule has 0 aromatic heterocycles. The molecule has 1 saturated heterocycles. The summed E-state index contributed by atoms with van der Waals surface area (Å²) in [5.74, 6) is -0.196. The van der Waals surface area contributed by atoms with Gasteiger partial charge < -0.3 is 15.8 Å². The van der Waals surface area contributed by atoms with Gasteiger partial charge >= 0.3 is 0 Å². The molecule has 0 spiro atoms. The molecule has 1 aliphatic heterocycles. The molecule has 5 heteroatoms. The summed E-state index contributed by atoms with van der Waals surface area (Å²) in [4.78, 5) is 11.7. The number of nitriles is 1. The van der Waals surface area contributed by atoms with Crippen LogP contribution in [0.1, 0.15) is 12.0 Å². The van der Waals surface area contributed by atoms with Crippen LogP contribution in [0.25, 0.3) is 0 Å². The van der Waals surface area contributed by atoms with Gasteiger partial charge in [0.15, 0.2) is 0 Å². The van der Waals surface area contributed by atoms with Crippen molar-refractivity contribution in [3.05, 3.63) is 29.8 Å². The summed E-state index contributed by atoms with van der Waals surface area (Å²) >= 11 is 0. The average molecular weight is 231 g/mol. The lowest BCUT2D eigenvalue weighted by Gasteiger charge is -2.37. The van der Waals surface area contributed by atoms with Crippen LogP contribution in [-0.2, 0) is 9.53 Å². The number of amides is 1.